The van der Waals surface area contributed by atoms with Crippen molar-refractivity contribution in [1.82, 2.24) is 14.8 Å². The fourth-order valence-electron chi connectivity index (χ4n) is 5.62. The van der Waals surface area contributed by atoms with Crippen molar-refractivity contribution in [1.29, 1.82) is 0 Å². The van der Waals surface area contributed by atoms with Crippen molar-refractivity contribution in [3.8, 4) is 11.1 Å². The van der Waals surface area contributed by atoms with Crippen LogP contribution in [0.5, 0.6) is 0 Å². The van der Waals surface area contributed by atoms with Crippen molar-refractivity contribution >= 4 is 38.7 Å². The third-order valence-corrected chi connectivity index (χ3v) is 8.64. The number of hydrogen-bond donors (Lipinski definition) is 2. The highest BCUT2D eigenvalue weighted by atomic mass is 35.5. The van der Waals surface area contributed by atoms with Crippen molar-refractivity contribution < 1.29 is 23.8 Å². The molecule has 1 aromatic heterocycles. The number of carbonyl (C=O) groups excluding carboxylic acids is 1. The fraction of sp³-hybridized carbons (Fsp3) is 0.444. The third kappa shape index (κ3) is 10.8. The number of amides is 1. The minimum absolute atomic E-state index is 0.217. The summed E-state index contributed by atoms with van der Waals surface area (Å²) >= 11 is 6.10. The van der Waals surface area contributed by atoms with Crippen LogP contribution in [0.3, 0.4) is 0 Å². The average Bonchev–Trinajstić information content (AvgIpc) is 2.98. The molecule has 3 aromatic rings. The molecule has 48 heavy (non-hydrogen) atoms. The highest BCUT2D eigenvalue weighted by molar-refractivity contribution is 7.36. The normalized spacial score (nSPS) is 14.0. The molecule has 1 saturated heterocycles. The first kappa shape index (κ1) is 39.0. The summed E-state index contributed by atoms with van der Waals surface area (Å²) in [6, 6.07) is 9.75. The average molecular weight is 701 g/mol. The molecule has 2 heterocycles. The minimum atomic E-state index is -1.03. The summed E-state index contributed by atoms with van der Waals surface area (Å²) < 4.78 is 21.5. The first-order valence-electron chi connectivity index (χ1n) is 16.0. The number of carbonyl (C=O) groups is 2. The number of halogens is 2. The Labute approximate surface area is 289 Å². The Hall–Kier alpha value is -3.43. The Morgan fingerprint density at radius 3 is 2.40 bits per heavy atom. The molecule has 12 heteroatoms. The fourth-order valence-corrected chi connectivity index (χ4v) is 6.16. The number of aryl methyl sites for hydroxylation is 3. The number of aliphatic imine (C=N–C) groups is 1. The molecule has 2 atom stereocenters. The van der Waals surface area contributed by atoms with E-state index in [-0.39, 0.29) is 29.0 Å². The van der Waals surface area contributed by atoms with Gasteiger partial charge in [-0.3, -0.25) is 24.3 Å². The van der Waals surface area contributed by atoms with E-state index < -0.39 is 17.8 Å². The second-order valence-electron chi connectivity index (χ2n) is 12.5. The number of ether oxygens (including phenoxy) is 1. The van der Waals surface area contributed by atoms with Crippen LogP contribution < -0.4 is 10.9 Å². The van der Waals surface area contributed by atoms with Crippen LogP contribution in [-0.4, -0.2) is 71.8 Å². The predicted molar refractivity (Wildman–Crippen MR) is 194 cm³/mol. The smallest absolute Gasteiger partial charge is 0.305 e. The van der Waals surface area contributed by atoms with Crippen LogP contribution in [0.15, 0.2) is 52.4 Å². The summed E-state index contributed by atoms with van der Waals surface area (Å²) in [6.45, 7) is 13.5. The summed E-state index contributed by atoms with van der Waals surface area (Å²) in [5.41, 5.74) is 4.48. The van der Waals surface area contributed by atoms with Gasteiger partial charge in [-0.05, 0) is 97.3 Å². The van der Waals surface area contributed by atoms with Gasteiger partial charge in [0.15, 0.2) is 0 Å². The Morgan fingerprint density at radius 2 is 1.81 bits per heavy atom. The van der Waals surface area contributed by atoms with Crippen molar-refractivity contribution in [2.24, 2.45) is 10.9 Å². The Morgan fingerprint density at radius 1 is 1.15 bits per heavy atom. The predicted octanol–water partition coefficient (Wildman–Crippen LogP) is 6.45. The molecule has 1 aliphatic rings. The van der Waals surface area contributed by atoms with Crippen LogP contribution in [0.4, 0.5) is 4.39 Å². The van der Waals surface area contributed by atoms with Gasteiger partial charge < -0.3 is 19.7 Å². The van der Waals surface area contributed by atoms with Gasteiger partial charge in [-0.2, -0.15) is 0 Å². The van der Waals surface area contributed by atoms with Crippen molar-refractivity contribution in [3.63, 3.8) is 0 Å². The summed E-state index contributed by atoms with van der Waals surface area (Å²) in [4.78, 5) is 42.0. The molecule has 2 unspecified atom stereocenters. The molecule has 1 aliphatic heterocycles. The number of aliphatic carboxylic acids is 1. The highest BCUT2D eigenvalue weighted by Gasteiger charge is 2.26. The van der Waals surface area contributed by atoms with Crippen LogP contribution >= 0.6 is 20.8 Å². The second kappa shape index (κ2) is 18.4. The van der Waals surface area contributed by atoms with Crippen LogP contribution in [0.25, 0.3) is 11.1 Å². The van der Waals surface area contributed by atoms with Gasteiger partial charge in [0.2, 0.25) is 0 Å². The topological polar surface area (TPSA) is 113 Å². The van der Waals surface area contributed by atoms with E-state index in [2.05, 4.69) is 38.3 Å². The first-order chi connectivity index (χ1) is 22.7. The maximum Gasteiger partial charge on any atom is 0.305 e. The highest BCUT2D eigenvalue weighted by Crippen LogP contribution is 2.35. The number of nitrogens with zero attached hydrogens (tertiary/aromatic N) is 3. The Kier molecular flexibility index (Phi) is 14.9. The van der Waals surface area contributed by atoms with Crippen molar-refractivity contribution in [2.45, 2.75) is 66.2 Å². The van der Waals surface area contributed by atoms with Gasteiger partial charge in [-0.25, -0.2) is 4.39 Å². The quantitative estimate of drug-likeness (QED) is 0.157. The molecule has 1 amide bonds. The molecular weight excluding hydrogens is 654 g/mol. The third-order valence-electron chi connectivity index (χ3n) is 8.25. The molecule has 2 aromatic carbocycles. The van der Waals surface area contributed by atoms with Crippen LogP contribution in [-0.2, 0) is 16.1 Å². The van der Waals surface area contributed by atoms with Gasteiger partial charge in [0.1, 0.15) is 11.4 Å². The summed E-state index contributed by atoms with van der Waals surface area (Å²) in [5.74, 6) is 0.216. The molecule has 2 N–H and O–H groups in total. The van der Waals surface area contributed by atoms with E-state index in [1.165, 1.54) is 5.96 Å². The van der Waals surface area contributed by atoms with Crippen molar-refractivity contribution in [3.05, 3.63) is 91.6 Å². The van der Waals surface area contributed by atoms with Gasteiger partial charge in [0.25, 0.3) is 11.5 Å². The number of carboxylic acids is 1. The number of methoxy groups -OCH3 is 1. The van der Waals surface area contributed by atoms with Crippen LogP contribution in [0.2, 0.25) is 5.02 Å². The van der Waals surface area contributed by atoms with Gasteiger partial charge in [-0.15, -0.1) is 0 Å². The van der Waals surface area contributed by atoms with Gasteiger partial charge in [-0.1, -0.05) is 34.7 Å². The zero-order chi connectivity index (χ0) is 35.5. The molecule has 4 rings (SSSR count). The molecule has 0 bridgehead atoms. The Balaban J connectivity index is 0.000000261. The minimum Gasteiger partial charge on any atom is -0.481 e. The first-order valence-corrected chi connectivity index (χ1v) is 17.0. The van der Waals surface area contributed by atoms with Crippen molar-refractivity contribution in [2.75, 3.05) is 33.3 Å². The second-order valence-corrected chi connectivity index (χ2v) is 13.2. The number of benzene rings is 2. The van der Waals surface area contributed by atoms with Gasteiger partial charge in [0.05, 0.1) is 18.6 Å². The standard InChI is InChI=1S/C19H20ClFNO2P.C17H27N3O3/c1-10-5-14(20)6-11(2)18(10)13-4-12(3)19(21)15(7-13)16(22-9-25)8-17(23)24;1-13(2)6-7-18-16(21)15-5-4-8-20(17(15)22)10-9-19-11-14(12-19)23-3/h4-7,9,16H,8,25H2,1-3H3,(H,23,24);4-5,8,13-14H,6-7,9-12H2,1-3H3,(H,18,21). The number of hydrogen-bond acceptors (Lipinski definition) is 6. The van der Waals surface area contributed by atoms with Gasteiger partial charge in [0, 0.05) is 62.6 Å². The van der Waals surface area contributed by atoms with Gasteiger partial charge >= 0.3 is 5.97 Å². The lowest BCUT2D eigenvalue weighted by Gasteiger charge is -2.38. The van der Waals surface area contributed by atoms with E-state index in [9.17, 15) is 18.8 Å². The van der Waals surface area contributed by atoms with Crippen LogP contribution in [0.1, 0.15) is 65.3 Å². The zero-order valence-electron chi connectivity index (χ0n) is 28.6. The molecule has 260 valence electrons. The largest absolute Gasteiger partial charge is 0.481 e. The molecule has 0 aliphatic carbocycles. The molecule has 9 nitrogen and oxygen atoms in total. The lowest BCUT2D eigenvalue weighted by molar-refractivity contribution is -0.137. The number of likely N-dealkylation sites (tertiary alicyclic amines) is 1. The zero-order valence-corrected chi connectivity index (χ0v) is 30.5. The molecule has 0 spiro atoms. The van der Waals surface area contributed by atoms with E-state index >= 15 is 0 Å². The van der Waals surface area contributed by atoms with E-state index in [0.29, 0.717) is 35.7 Å². The molecule has 0 saturated carbocycles. The Bertz CT molecular complexity index is 1650. The maximum absolute atomic E-state index is 14.7. The monoisotopic (exact) mass is 700 g/mol. The molecule has 0 radical (unpaired) electrons. The van der Waals surface area contributed by atoms with Crippen LogP contribution in [0, 0.1) is 32.5 Å². The lowest BCUT2D eigenvalue weighted by Crippen LogP contribution is -2.52. The number of aromatic nitrogens is 1. The number of pyridine rings is 1. The van der Waals surface area contributed by atoms with E-state index in [4.69, 9.17) is 21.4 Å². The molecule has 1 fully saturated rings. The summed E-state index contributed by atoms with van der Waals surface area (Å²) in [7, 11) is 4.01. The van der Waals surface area contributed by atoms with E-state index in [1.54, 1.807) is 49.1 Å². The number of carboxylic acid groups (broad SMARTS) is 1. The number of rotatable bonds is 13. The SMILES string of the molecule is COC1CN(CCn2cccc(C(=O)NCCC(C)C)c2=O)C1.Cc1cc(-c2c(C)cc(Cl)cc2C)cc(C(CC(=O)O)N=CP)c1F. The maximum atomic E-state index is 14.7. The number of nitrogens with one attached hydrogen (secondary N) is 1. The van der Waals surface area contributed by atoms with E-state index in [1.807, 2.05) is 26.0 Å². The summed E-state index contributed by atoms with van der Waals surface area (Å²) in [6.07, 6.45) is 2.68. The molecular formula is C36H47ClFN4O5P. The van der Waals surface area contributed by atoms with E-state index in [0.717, 1.165) is 48.3 Å². The summed E-state index contributed by atoms with van der Waals surface area (Å²) in [5, 5.41) is 12.6. The lowest BCUT2D eigenvalue weighted by atomic mass is 9.91.